The predicted molar refractivity (Wildman–Crippen MR) is 111 cm³/mol. The van der Waals surface area contributed by atoms with Gasteiger partial charge in [-0.1, -0.05) is 30.3 Å². The zero-order valence-corrected chi connectivity index (χ0v) is 16.2. The molecule has 1 aliphatic heterocycles. The summed E-state index contributed by atoms with van der Waals surface area (Å²) in [6.07, 6.45) is 1.65. The Morgan fingerprint density at radius 3 is 2.45 bits per heavy atom. The van der Waals surface area contributed by atoms with Crippen LogP contribution in [0.1, 0.15) is 6.92 Å². The maximum absolute atomic E-state index is 11.7. The Morgan fingerprint density at radius 2 is 1.76 bits per heavy atom. The normalized spacial score (nSPS) is 14.5. The number of amides is 1. The van der Waals surface area contributed by atoms with Gasteiger partial charge in [0.25, 0.3) is 0 Å². The van der Waals surface area contributed by atoms with Gasteiger partial charge in [-0.3, -0.25) is 4.79 Å². The first-order valence-corrected chi connectivity index (χ1v) is 9.69. The van der Waals surface area contributed by atoms with Gasteiger partial charge in [0.2, 0.25) is 5.91 Å². The summed E-state index contributed by atoms with van der Waals surface area (Å²) < 4.78 is 7.47. The summed E-state index contributed by atoms with van der Waals surface area (Å²) in [5.74, 6) is 1.79. The van der Waals surface area contributed by atoms with E-state index in [0.29, 0.717) is 13.1 Å². The van der Waals surface area contributed by atoms with Crippen molar-refractivity contribution < 1.29 is 9.21 Å². The molecule has 0 aliphatic carbocycles. The lowest BCUT2D eigenvalue weighted by Gasteiger charge is -2.35. The number of nitrogens with zero attached hydrogens (tertiary/aromatic N) is 5. The Hall–Kier alpha value is -3.61. The highest BCUT2D eigenvalue weighted by Crippen LogP contribution is 2.28. The third-order valence-corrected chi connectivity index (χ3v) is 5.30. The van der Waals surface area contributed by atoms with Crippen molar-refractivity contribution in [2.45, 2.75) is 6.92 Å². The van der Waals surface area contributed by atoms with Crippen molar-refractivity contribution >= 4 is 17.4 Å². The fourth-order valence-electron chi connectivity index (χ4n) is 3.73. The van der Waals surface area contributed by atoms with Crippen molar-refractivity contribution in [2.75, 3.05) is 31.1 Å². The largest absolute Gasteiger partial charge is 0.463 e. The molecule has 0 bridgehead atoms. The minimum Gasteiger partial charge on any atom is -0.463 e. The van der Waals surface area contributed by atoms with Gasteiger partial charge in [0.1, 0.15) is 11.5 Å². The second-order valence-electron chi connectivity index (χ2n) is 7.14. The highest BCUT2D eigenvalue weighted by Gasteiger charge is 2.23. The molecule has 146 valence electrons. The van der Waals surface area contributed by atoms with Crippen LogP contribution in [0.15, 0.2) is 65.3 Å². The summed E-state index contributed by atoms with van der Waals surface area (Å²) >= 11 is 0. The molecule has 0 unspecified atom stereocenters. The zero-order valence-electron chi connectivity index (χ0n) is 16.2. The molecule has 4 aromatic rings. The number of piperazine rings is 1. The number of carbonyl (C=O) groups excluding carboxylic acids is 1. The average Bonchev–Trinajstić information content (AvgIpc) is 3.43. The van der Waals surface area contributed by atoms with Crippen LogP contribution in [-0.4, -0.2) is 51.6 Å². The van der Waals surface area contributed by atoms with Crippen LogP contribution in [0.5, 0.6) is 0 Å². The van der Waals surface area contributed by atoms with Crippen LogP contribution in [0.2, 0.25) is 0 Å². The van der Waals surface area contributed by atoms with E-state index in [1.807, 2.05) is 64.0 Å². The molecule has 1 aliphatic rings. The van der Waals surface area contributed by atoms with E-state index in [-0.39, 0.29) is 5.91 Å². The molecule has 1 fully saturated rings. The number of carbonyl (C=O) groups is 1. The molecular formula is C22H21N5O2. The second-order valence-corrected chi connectivity index (χ2v) is 7.14. The van der Waals surface area contributed by atoms with Crippen LogP contribution < -0.4 is 4.90 Å². The van der Waals surface area contributed by atoms with Gasteiger partial charge in [0, 0.05) is 50.8 Å². The number of rotatable bonds is 3. The number of furan rings is 1. The van der Waals surface area contributed by atoms with Crippen molar-refractivity contribution in [3.05, 3.63) is 60.9 Å². The Morgan fingerprint density at radius 1 is 0.966 bits per heavy atom. The smallest absolute Gasteiger partial charge is 0.219 e. The van der Waals surface area contributed by atoms with Gasteiger partial charge < -0.3 is 14.2 Å². The number of anilines is 1. The molecule has 1 aromatic carbocycles. The van der Waals surface area contributed by atoms with E-state index in [1.165, 1.54) is 0 Å². The van der Waals surface area contributed by atoms with Crippen molar-refractivity contribution in [3.63, 3.8) is 0 Å². The lowest BCUT2D eigenvalue weighted by Crippen LogP contribution is -2.48. The minimum absolute atomic E-state index is 0.117. The third kappa shape index (κ3) is 3.24. The Balaban J connectivity index is 1.60. The second kappa shape index (κ2) is 7.09. The Bertz CT molecular complexity index is 1140. The van der Waals surface area contributed by atoms with Gasteiger partial charge in [-0.15, -0.1) is 0 Å². The molecule has 0 saturated carbocycles. The van der Waals surface area contributed by atoms with Gasteiger partial charge in [-0.2, -0.15) is 9.61 Å². The molecule has 3 aromatic heterocycles. The monoisotopic (exact) mass is 387 g/mol. The molecule has 7 heteroatoms. The minimum atomic E-state index is 0.117. The molecular weight excluding hydrogens is 366 g/mol. The number of aromatic nitrogens is 3. The predicted octanol–water partition coefficient (Wildman–Crippen LogP) is 3.32. The van der Waals surface area contributed by atoms with Crippen LogP contribution in [0.3, 0.4) is 0 Å². The summed E-state index contributed by atoms with van der Waals surface area (Å²) in [7, 11) is 0. The fraction of sp³-hybridized carbons (Fsp3) is 0.227. The number of benzene rings is 1. The Labute approximate surface area is 168 Å². The molecule has 0 atom stereocenters. The molecule has 0 N–H and O–H groups in total. The quantitative estimate of drug-likeness (QED) is 0.539. The molecule has 5 rings (SSSR count). The SMILES string of the molecule is CC(=O)N1CCN(c2cc(-c3ccco3)nc3cc(-c4ccccc4)nn23)CC1. The third-order valence-electron chi connectivity index (χ3n) is 5.30. The molecule has 0 radical (unpaired) electrons. The molecule has 4 heterocycles. The lowest BCUT2D eigenvalue weighted by molar-refractivity contribution is -0.129. The first kappa shape index (κ1) is 17.5. The maximum atomic E-state index is 11.7. The van der Waals surface area contributed by atoms with E-state index < -0.39 is 0 Å². The topological polar surface area (TPSA) is 66.9 Å². The lowest BCUT2D eigenvalue weighted by atomic mass is 10.2. The standard InChI is InChI=1S/C22H21N5O2/c1-16(28)25-9-11-26(12-10-25)22-15-19(20-8-5-13-29-20)23-21-14-18(24-27(21)22)17-6-3-2-4-7-17/h2-8,13-15H,9-12H2,1H3. The number of fused-ring (bicyclic) bond motifs is 1. The highest BCUT2D eigenvalue weighted by atomic mass is 16.3. The Kier molecular flexibility index (Phi) is 4.27. The van der Waals surface area contributed by atoms with E-state index in [2.05, 4.69) is 4.90 Å². The van der Waals surface area contributed by atoms with Crippen LogP contribution >= 0.6 is 0 Å². The molecule has 1 saturated heterocycles. The first-order chi connectivity index (χ1) is 14.2. The van der Waals surface area contributed by atoms with Crippen LogP contribution in [0.4, 0.5) is 5.82 Å². The van der Waals surface area contributed by atoms with Crippen molar-refractivity contribution in [3.8, 4) is 22.7 Å². The summed E-state index contributed by atoms with van der Waals surface area (Å²) in [6, 6.07) is 17.9. The van der Waals surface area contributed by atoms with Gasteiger partial charge >= 0.3 is 0 Å². The average molecular weight is 387 g/mol. The van der Waals surface area contributed by atoms with E-state index in [4.69, 9.17) is 14.5 Å². The van der Waals surface area contributed by atoms with Crippen LogP contribution in [0.25, 0.3) is 28.4 Å². The molecule has 29 heavy (non-hydrogen) atoms. The molecule has 1 amide bonds. The number of hydrogen-bond donors (Lipinski definition) is 0. The summed E-state index contributed by atoms with van der Waals surface area (Å²) in [5.41, 5.74) is 3.45. The maximum Gasteiger partial charge on any atom is 0.219 e. The first-order valence-electron chi connectivity index (χ1n) is 9.69. The van der Waals surface area contributed by atoms with Crippen molar-refractivity contribution in [1.29, 1.82) is 0 Å². The van der Waals surface area contributed by atoms with Crippen molar-refractivity contribution in [1.82, 2.24) is 19.5 Å². The van der Waals surface area contributed by atoms with Crippen LogP contribution in [0, 0.1) is 0 Å². The summed E-state index contributed by atoms with van der Waals surface area (Å²) in [6.45, 7) is 4.51. The zero-order chi connectivity index (χ0) is 19.8. The fourth-order valence-corrected chi connectivity index (χ4v) is 3.73. The van der Waals surface area contributed by atoms with Crippen LogP contribution in [-0.2, 0) is 4.79 Å². The van der Waals surface area contributed by atoms with Gasteiger partial charge in [-0.25, -0.2) is 4.98 Å². The van der Waals surface area contributed by atoms with E-state index in [9.17, 15) is 4.79 Å². The molecule has 7 nitrogen and oxygen atoms in total. The van der Waals surface area contributed by atoms with Gasteiger partial charge in [0.05, 0.1) is 12.0 Å². The van der Waals surface area contributed by atoms with E-state index in [1.54, 1.807) is 13.2 Å². The van der Waals surface area contributed by atoms with E-state index in [0.717, 1.165) is 47.3 Å². The molecule has 0 spiro atoms. The highest BCUT2D eigenvalue weighted by molar-refractivity contribution is 5.74. The van der Waals surface area contributed by atoms with E-state index >= 15 is 0 Å². The van der Waals surface area contributed by atoms with Gasteiger partial charge in [0.15, 0.2) is 11.4 Å². The summed E-state index contributed by atoms with van der Waals surface area (Å²) in [4.78, 5) is 20.6. The summed E-state index contributed by atoms with van der Waals surface area (Å²) in [5, 5.41) is 4.84. The number of hydrogen-bond acceptors (Lipinski definition) is 5. The van der Waals surface area contributed by atoms with Crippen molar-refractivity contribution in [2.24, 2.45) is 0 Å². The van der Waals surface area contributed by atoms with Gasteiger partial charge in [-0.05, 0) is 12.1 Å².